The van der Waals surface area contributed by atoms with Crippen LogP contribution < -0.4 is 0 Å². The lowest BCUT2D eigenvalue weighted by Gasteiger charge is -2.37. The molecule has 0 spiro atoms. The number of unbranched alkanes of at least 4 members (excludes halogenated alkanes) is 1. The number of piperidine rings is 1. The van der Waals surface area contributed by atoms with Crippen LogP contribution >= 0.6 is 12.4 Å². The largest absolute Gasteiger partial charge is 0.480 e. The van der Waals surface area contributed by atoms with E-state index in [0.717, 1.165) is 45.4 Å². The van der Waals surface area contributed by atoms with Gasteiger partial charge < -0.3 is 10.0 Å². The number of likely N-dealkylation sites (tertiary alicyclic amines) is 1. The molecule has 0 aromatic rings. The molecule has 19 heavy (non-hydrogen) atoms. The van der Waals surface area contributed by atoms with E-state index in [-0.39, 0.29) is 19.0 Å². The number of carboxylic acids is 1. The smallest absolute Gasteiger partial charge is 0.317 e. The highest BCUT2D eigenvalue weighted by molar-refractivity contribution is 5.85. The molecule has 1 aliphatic rings. The standard InChI is InChI=1S/C14H26N2O2.ClH/c1-3-5-6-9-15-10-7-13(8-11-15)16(4-2)12-14(17)18;/h3,13H,1,4-12H2,2H3,(H,17,18);1H. The number of carboxylic acid groups (broad SMARTS) is 1. The number of hydrogen-bond acceptors (Lipinski definition) is 3. The highest BCUT2D eigenvalue weighted by Crippen LogP contribution is 2.16. The molecule has 0 bridgehead atoms. The summed E-state index contributed by atoms with van der Waals surface area (Å²) in [7, 11) is 0. The third-order valence-corrected chi connectivity index (χ3v) is 3.70. The predicted molar refractivity (Wildman–Crippen MR) is 81.0 cm³/mol. The average Bonchev–Trinajstić information content (AvgIpc) is 2.37. The molecule has 0 unspecified atom stereocenters. The number of aliphatic carboxylic acids is 1. The average molecular weight is 291 g/mol. The van der Waals surface area contributed by atoms with Gasteiger partial charge in [0.1, 0.15) is 0 Å². The van der Waals surface area contributed by atoms with Crippen LogP contribution in [0.25, 0.3) is 0 Å². The van der Waals surface area contributed by atoms with Crippen molar-refractivity contribution in [1.29, 1.82) is 0 Å². The molecule has 1 aliphatic heterocycles. The Morgan fingerprint density at radius 3 is 2.58 bits per heavy atom. The zero-order valence-electron chi connectivity index (χ0n) is 11.9. The molecular formula is C14H27ClN2O2. The predicted octanol–water partition coefficient (Wildman–Crippen LogP) is 2.25. The molecule has 1 fully saturated rings. The number of carbonyl (C=O) groups is 1. The summed E-state index contributed by atoms with van der Waals surface area (Å²) in [4.78, 5) is 15.4. The molecule has 0 aromatic heterocycles. The quantitative estimate of drug-likeness (QED) is 0.550. The monoisotopic (exact) mass is 290 g/mol. The first kappa shape index (κ1) is 18.4. The summed E-state index contributed by atoms with van der Waals surface area (Å²) in [5.41, 5.74) is 0. The SMILES string of the molecule is C=CCCCN1CCC(N(CC)CC(=O)O)CC1.Cl. The summed E-state index contributed by atoms with van der Waals surface area (Å²) in [5.74, 6) is -0.717. The van der Waals surface area contributed by atoms with Gasteiger partial charge in [-0.1, -0.05) is 13.0 Å². The number of rotatable bonds is 8. The van der Waals surface area contributed by atoms with Gasteiger partial charge in [0.25, 0.3) is 0 Å². The van der Waals surface area contributed by atoms with E-state index < -0.39 is 5.97 Å². The number of likely N-dealkylation sites (N-methyl/N-ethyl adjacent to an activating group) is 1. The second-order valence-electron chi connectivity index (χ2n) is 4.96. The zero-order valence-corrected chi connectivity index (χ0v) is 12.7. The van der Waals surface area contributed by atoms with E-state index in [2.05, 4.69) is 16.4 Å². The lowest BCUT2D eigenvalue weighted by atomic mass is 10.0. The van der Waals surface area contributed by atoms with E-state index in [1.807, 2.05) is 13.0 Å². The fraction of sp³-hybridized carbons (Fsp3) is 0.786. The molecule has 0 saturated carbocycles. The van der Waals surface area contributed by atoms with Crippen molar-refractivity contribution in [2.75, 3.05) is 32.7 Å². The number of halogens is 1. The van der Waals surface area contributed by atoms with Gasteiger partial charge in [0, 0.05) is 6.04 Å². The Morgan fingerprint density at radius 2 is 2.11 bits per heavy atom. The summed E-state index contributed by atoms with van der Waals surface area (Å²) in [6, 6.07) is 0.446. The van der Waals surface area contributed by atoms with Gasteiger partial charge in [-0.15, -0.1) is 19.0 Å². The minimum atomic E-state index is -0.717. The number of hydrogen-bond donors (Lipinski definition) is 1. The van der Waals surface area contributed by atoms with Crippen molar-refractivity contribution in [2.24, 2.45) is 0 Å². The van der Waals surface area contributed by atoms with Gasteiger partial charge in [-0.3, -0.25) is 9.69 Å². The first-order valence-corrected chi connectivity index (χ1v) is 6.96. The van der Waals surface area contributed by atoms with Crippen molar-refractivity contribution < 1.29 is 9.90 Å². The fourth-order valence-corrected chi connectivity index (χ4v) is 2.64. The Morgan fingerprint density at radius 1 is 1.47 bits per heavy atom. The molecule has 112 valence electrons. The van der Waals surface area contributed by atoms with Crippen LogP contribution in [0.4, 0.5) is 0 Å². The Kier molecular flexibility index (Phi) is 9.92. The van der Waals surface area contributed by atoms with Crippen molar-refractivity contribution in [3.63, 3.8) is 0 Å². The Labute approximate surface area is 122 Å². The lowest BCUT2D eigenvalue weighted by Crippen LogP contribution is -2.46. The van der Waals surface area contributed by atoms with Gasteiger partial charge in [-0.05, 0) is 51.9 Å². The number of nitrogens with zero attached hydrogens (tertiary/aromatic N) is 2. The normalized spacial score (nSPS) is 17.2. The highest BCUT2D eigenvalue weighted by Gasteiger charge is 2.24. The third kappa shape index (κ3) is 6.95. The number of allylic oxidation sites excluding steroid dienone is 1. The Balaban J connectivity index is 0.00000324. The Hall–Kier alpha value is -0.580. The van der Waals surface area contributed by atoms with Crippen LogP contribution in [-0.4, -0.2) is 59.6 Å². The minimum absolute atomic E-state index is 0. The summed E-state index contributed by atoms with van der Waals surface area (Å²) in [6.45, 7) is 10.1. The van der Waals surface area contributed by atoms with Gasteiger partial charge in [-0.2, -0.15) is 0 Å². The summed E-state index contributed by atoms with van der Waals surface area (Å²) in [6.07, 6.45) is 6.42. The summed E-state index contributed by atoms with van der Waals surface area (Å²) >= 11 is 0. The van der Waals surface area contributed by atoms with Gasteiger partial charge >= 0.3 is 5.97 Å². The van der Waals surface area contributed by atoms with Crippen LogP contribution in [0.1, 0.15) is 32.6 Å². The molecule has 4 nitrogen and oxygen atoms in total. The van der Waals surface area contributed by atoms with Crippen LogP contribution in [0.2, 0.25) is 0 Å². The van der Waals surface area contributed by atoms with Crippen molar-refractivity contribution >= 4 is 18.4 Å². The van der Waals surface area contributed by atoms with Crippen molar-refractivity contribution in [1.82, 2.24) is 9.80 Å². The summed E-state index contributed by atoms with van der Waals surface area (Å²) < 4.78 is 0. The topological polar surface area (TPSA) is 43.8 Å². The molecule has 0 amide bonds. The van der Waals surface area contributed by atoms with Crippen molar-refractivity contribution in [2.45, 2.75) is 38.6 Å². The van der Waals surface area contributed by atoms with Gasteiger partial charge in [-0.25, -0.2) is 0 Å². The van der Waals surface area contributed by atoms with Gasteiger partial charge in [0.2, 0.25) is 0 Å². The highest BCUT2D eigenvalue weighted by atomic mass is 35.5. The first-order valence-electron chi connectivity index (χ1n) is 6.96. The van der Waals surface area contributed by atoms with Gasteiger partial charge in [0.05, 0.1) is 6.54 Å². The van der Waals surface area contributed by atoms with E-state index in [0.29, 0.717) is 6.04 Å². The lowest BCUT2D eigenvalue weighted by molar-refractivity contribution is -0.139. The molecule has 1 rings (SSSR count). The van der Waals surface area contributed by atoms with Crippen LogP contribution in [0.5, 0.6) is 0 Å². The molecular weight excluding hydrogens is 264 g/mol. The maximum Gasteiger partial charge on any atom is 0.317 e. The second-order valence-corrected chi connectivity index (χ2v) is 4.96. The summed E-state index contributed by atoms with van der Waals surface area (Å²) in [5, 5.41) is 8.88. The molecule has 0 aromatic carbocycles. The van der Waals surface area contributed by atoms with E-state index in [1.165, 1.54) is 6.42 Å². The molecule has 0 atom stereocenters. The van der Waals surface area contributed by atoms with Crippen LogP contribution in [0.3, 0.4) is 0 Å². The van der Waals surface area contributed by atoms with E-state index in [4.69, 9.17) is 5.11 Å². The van der Waals surface area contributed by atoms with Crippen molar-refractivity contribution in [3.8, 4) is 0 Å². The van der Waals surface area contributed by atoms with Crippen LogP contribution in [0, 0.1) is 0 Å². The molecule has 5 heteroatoms. The molecule has 1 heterocycles. The van der Waals surface area contributed by atoms with E-state index in [9.17, 15) is 4.79 Å². The van der Waals surface area contributed by atoms with Crippen LogP contribution in [0.15, 0.2) is 12.7 Å². The molecule has 1 N–H and O–H groups in total. The van der Waals surface area contributed by atoms with Crippen molar-refractivity contribution in [3.05, 3.63) is 12.7 Å². The molecule has 1 saturated heterocycles. The van der Waals surface area contributed by atoms with E-state index in [1.54, 1.807) is 0 Å². The third-order valence-electron chi connectivity index (χ3n) is 3.70. The minimum Gasteiger partial charge on any atom is -0.480 e. The Bertz CT molecular complexity index is 266. The maximum atomic E-state index is 10.8. The van der Waals surface area contributed by atoms with Crippen LogP contribution in [-0.2, 0) is 4.79 Å². The van der Waals surface area contributed by atoms with E-state index >= 15 is 0 Å². The molecule has 0 radical (unpaired) electrons. The second kappa shape index (κ2) is 10.2. The zero-order chi connectivity index (χ0) is 13.4. The first-order chi connectivity index (χ1) is 8.67. The fourth-order valence-electron chi connectivity index (χ4n) is 2.64. The van der Waals surface area contributed by atoms with Gasteiger partial charge in [0.15, 0.2) is 0 Å². The molecule has 0 aliphatic carbocycles. The maximum absolute atomic E-state index is 10.8.